The molecule has 280 valence electrons. The van der Waals surface area contributed by atoms with E-state index in [2.05, 4.69) is 206 Å². The molecule has 0 radical (unpaired) electrons. The molecule has 58 heavy (non-hydrogen) atoms. The molecule has 0 saturated carbocycles. The number of methoxy groups -OCH3 is 2. The fourth-order valence-electron chi connectivity index (χ4n) is 7.19. The van der Waals surface area contributed by atoms with E-state index < -0.39 is 0 Å². The Morgan fingerprint density at radius 1 is 0.310 bits per heavy atom. The fraction of sp³-hybridized carbons (Fsp3) is 0.0357. The predicted octanol–water partition coefficient (Wildman–Crippen LogP) is 14.4. The van der Waals surface area contributed by atoms with Gasteiger partial charge in [-0.25, -0.2) is 0 Å². The normalized spacial score (nSPS) is 12.0. The zero-order valence-electron chi connectivity index (χ0n) is 32.8. The molecule has 0 aliphatic rings. The summed E-state index contributed by atoms with van der Waals surface area (Å²) < 4.78 is 10.8. The monoisotopic (exact) mass is 748 g/mol. The Morgan fingerprint density at radius 2 is 0.638 bits per heavy atom. The van der Waals surface area contributed by atoms with Gasteiger partial charge in [0.05, 0.1) is 14.2 Å². The van der Waals surface area contributed by atoms with Crippen molar-refractivity contribution in [2.24, 2.45) is 0 Å². The molecule has 8 aromatic rings. The topological polar surface area (TPSA) is 18.5 Å². The Balaban J connectivity index is 1.000. The minimum Gasteiger partial charge on any atom is -0.497 e. The average molecular weight is 749 g/mol. The van der Waals surface area contributed by atoms with Crippen LogP contribution in [0.15, 0.2) is 194 Å². The molecule has 2 nitrogen and oxygen atoms in total. The lowest BCUT2D eigenvalue weighted by Crippen LogP contribution is -1.89. The molecule has 0 saturated heterocycles. The molecule has 0 heterocycles. The second kappa shape index (κ2) is 18.0. The zero-order chi connectivity index (χ0) is 39.5. The van der Waals surface area contributed by atoms with Crippen LogP contribution in [0, 0.1) is 0 Å². The van der Waals surface area contributed by atoms with Crippen LogP contribution in [0.1, 0.15) is 55.6 Å². The van der Waals surface area contributed by atoms with Crippen molar-refractivity contribution in [1.82, 2.24) is 0 Å². The fourth-order valence-corrected chi connectivity index (χ4v) is 7.19. The molecule has 0 fully saturated rings. The predicted molar refractivity (Wildman–Crippen MR) is 248 cm³/mol. The van der Waals surface area contributed by atoms with Gasteiger partial charge in [-0.3, -0.25) is 0 Å². The van der Waals surface area contributed by atoms with E-state index in [-0.39, 0.29) is 0 Å². The molecule has 0 atom stereocenters. The number of rotatable bonds is 12. The molecule has 0 aliphatic carbocycles. The van der Waals surface area contributed by atoms with E-state index in [9.17, 15) is 0 Å². The second-order valence-electron chi connectivity index (χ2n) is 14.1. The van der Waals surface area contributed by atoms with E-state index in [1.54, 1.807) is 14.2 Å². The second-order valence-corrected chi connectivity index (χ2v) is 14.1. The van der Waals surface area contributed by atoms with Crippen LogP contribution in [0.3, 0.4) is 0 Å². The number of hydrogen-bond donors (Lipinski definition) is 0. The van der Waals surface area contributed by atoms with Crippen LogP contribution < -0.4 is 9.47 Å². The van der Waals surface area contributed by atoms with Gasteiger partial charge in [-0.2, -0.15) is 0 Å². The van der Waals surface area contributed by atoms with Crippen LogP contribution in [0.2, 0.25) is 0 Å². The summed E-state index contributed by atoms with van der Waals surface area (Å²) in [5, 5.41) is 2.44. The van der Waals surface area contributed by atoms with Gasteiger partial charge in [-0.05, 0) is 114 Å². The van der Waals surface area contributed by atoms with Crippen molar-refractivity contribution in [1.29, 1.82) is 0 Å². The maximum atomic E-state index is 5.40. The van der Waals surface area contributed by atoms with Crippen LogP contribution in [0.5, 0.6) is 11.5 Å². The van der Waals surface area contributed by atoms with Gasteiger partial charge in [0.1, 0.15) is 11.5 Å². The van der Waals surface area contributed by atoms with Gasteiger partial charge in [-0.1, -0.05) is 194 Å². The summed E-state index contributed by atoms with van der Waals surface area (Å²) in [4.78, 5) is 0. The Bertz CT molecular complexity index is 2530. The van der Waals surface area contributed by atoms with Crippen molar-refractivity contribution in [3.63, 3.8) is 0 Å². The largest absolute Gasteiger partial charge is 0.497 e. The Hall–Kier alpha value is -7.42. The summed E-state index contributed by atoms with van der Waals surface area (Å²) in [5.74, 6) is 1.70. The first-order valence-electron chi connectivity index (χ1n) is 19.5. The molecule has 0 N–H and O–H groups in total. The average Bonchev–Trinajstić information content (AvgIpc) is 3.30. The summed E-state index contributed by atoms with van der Waals surface area (Å²) in [6.45, 7) is 0. The molecule has 8 aromatic carbocycles. The van der Waals surface area contributed by atoms with Crippen molar-refractivity contribution in [2.45, 2.75) is 0 Å². The van der Waals surface area contributed by atoms with E-state index in [1.807, 2.05) is 24.3 Å². The van der Waals surface area contributed by atoms with E-state index in [0.29, 0.717) is 0 Å². The highest BCUT2D eigenvalue weighted by atomic mass is 16.5. The summed E-state index contributed by atoms with van der Waals surface area (Å²) in [7, 11) is 3.39. The molecular formula is C56H44O2. The smallest absolute Gasteiger partial charge is 0.118 e. The highest BCUT2D eigenvalue weighted by Gasteiger charge is 2.08. The van der Waals surface area contributed by atoms with Crippen molar-refractivity contribution in [3.05, 3.63) is 250 Å². The highest BCUT2D eigenvalue weighted by Crippen LogP contribution is 2.31. The van der Waals surface area contributed by atoms with Crippen LogP contribution in [0.25, 0.3) is 58.4 Å². The molecule has 8 rings (SSSR count). The van der Waals surface area contributed by atoms with Crippen LogP contribution >= 0.6 is 0 Å². The minimum absolute atomic E-state index is 0.848. The third kappa shape index (κ3) is 8.99. The van der Waals surface area contributed by atoms with E-state index in [4.69, 9.17) is 9.47 Å². The van der Waals surface area contributed by atoms with Crippen molar-refractivity contribution >= 4 is 58.4 Å². The Morgan fingerprint density at radius 3 is 1.00 bits per heavy atom. The van der Waals surface area contributed by atoms with Gasteiger partial charge in [0.15, 0.2) is 0 Å². The maximum absolute atomic E-state index is 5.40. The number of fused-ring (bicyclic) bond motifs is 1. The summed E-state index contributed by atoms with van der Waals surface area (Å²) in [5.41, 5.74) is 13.9. The molecule has 0 amide bonds. The first-order chi connectivity index (χ1) is 28.6. The number of ether oxygens (including phenoxy) is 2. The Kier molecular flexibility index (Phi) is 11.7. The molecular weight excluding hydrogens is 705 g/mol. The van der Waals surface area contributed by atoms with Crippen LogP contribution in [-0.2, 0) is 0 Å². The molecule has 0 bridgehead atoms. The van der Waals surface area contributed by atoms with Gasteiger partial charge < -0.3 is 9.47 Å². The molecule has 2 heteroatoms. The zero-order valence-corrected chi connectivity index (χ0v) is 32.8. The first-order valence-corrected chi connectivity index (χ1v) is 19.5. The van der Waals surface area contributed by atoms with Crippen LogP contribution in [-0.4, -0.2) is 14.2 Å². The van der Waals surface area contributed by atoms with Gasteiger partial charge in [0.25, 0.3) is 0 Å². The molecule has 0 unspecified atom stereocenters. The number of hydrogen-bond acceptors (Lipinski definition) is 2. The van der Waals surface area contributed by atoms with E-state index in [0.717, 1.165) is 44.9 Å². The lowest BCUT2D eigenvalue weighted by Gasteiger charge is -2.10. The lowest BCUT2D eigenvalue weighted by atomic mass is 9.95. The molecule has 0 aromatic heterocycles. The first kappa shape index (κ1) is 37.5. The van der Waals surface area contributed by atoms with Crippen molar-refractivity contribution < 1.29 is 9.47 Å². The van der Waals surface area contributed by atoms with Crippen LogP contribution in [0.4, 0.5) is 0 Å². The number of benzene rings is 8. The maximum Gasteiger partial charge on any atom is 0.118 e. The third-order valence-corrected chi connectivity index (χ3v) is 10.4. The molecule has 0 spiro atoms. The summed E-state index contributed by atoms with van der Waals surface area (Å²) >= 11 is 0. The summed E-state index contributed by atoms with van der Waals surface area (Å²) in [6, 6.07) is 68.1. The third-order valence-electron chi connectivity index (χ3n) is 10.4. The van der Waals surface area contributed by atoms with Crippen molar-refractivity contribution in [3.8, 4) is 11.5 Å². The van der Waals surface area contributed by atoms with Gasteiger partial charge in [0, 0.05) is 0 Å². The Labute approximate surface area is 342 Å². The van der Waals surface area contributed by atoms with E-state index in [1.165, 1.54) is 44.2 Å². The van der Waals surface area contributed by atoms with Gasteiger partial charge in [0.2, 0.25) is 0 Å². The molecule has 0 aliphatic heterocycles. The van der Waals surface area contributed by atoms with Gasteiger partial charge >= 0.3 is 0 Å². The quantitative estimate of drug-likeness (QED) is 0.116. The lowest BCUT2D eigenvalue weighted by molar-refractivity contribution is 0.414. The van der Waals surface area contributed by atoms with Crippen molar-refractivity contribution in [2.75, 3.05) is 14.2 Å². The van der Waals surface area contributed by atoms with Gasteiger partial charge in [-0.15, -0.1) is 0 Å². The standard InChI is InChI=1S/C56H44O2/c1-57-51-35-31-49(32-36-51)55(45-11-5-3-6-12-45)39-43-21-17-41(18-22-43)25-27-47-29-30-48(54-16-10-9-15-53(47)54)28-26-42-19-23-44(24-20-42)40-56(46-13-7-4-8-14-46)50-33-37-52(58-2)38-34-50/h3-40H,1-2H3. The summed E-state index contributed by atoms with van der Waals surface area (Å²) in [6.07, 6.45) is 13.3. The van der Waals surface area contributed by atoms with E-state index >= 15 is 0 Å². The SMILES string of the molecule is COc1ccc(C(=Cc2ccc(C=Cc3ccc(C=Cc4ccc(C=C(c5ccccc5)c5ccc(OC)cc5)cc4)c4ccccc34)cc2)c2ccccc2)cc1. The highest BCUT2D eigenvalue weighted by molar-refractivity contribution is 5.99. The minimum atomic E-state index is 0.848.